The Morgan fingerprint density at radius 3 is 2.24 bits per heavy atom. The second-order valence-electron chi connectivity index (χ2n) is 9.70. The van der Waals surface area contributed by atoms with Gasteiger partial charge < -0.3 is 9.64 Å². The molecule has 1 amide bonds. The number of hydrogen-bond acceptors (Lipinski definition) is 7. The number of nitrogens with zero attached hydrogens (tertiary/aromatic N) is 2. The fraction of sp³-hybridized carbons (Fsp3) is 0.440. The third-order valence-electron chi connectivity index (χ3n) is 5.41. The molecule has 9 heteroatoms. The monoisotopic (exact) mass is 472 g/mol. The molecule has 0 saturated heterocycles. The van der Waals surface area contributed by atoms with E-state index in [-0.39, 0.29) is 11.3 Å². The molecular weight excluding hydrogens is 440 g/mol. The number of amides is 1. The lowest BCUT2D eigenvalue weighted by atomic mass is 9.80. The molecule has 184 valence electrons. The molecule has 0 aliphatic rings. The van der Waals surface area contributed by atoms with Crippen molar-refractivity contribution < 1.29 is 29.4 Å². The molecule has 0 aromatic heterocycles. The van der Waals surface area contributed by atoms with Crippen molar-refractivity contribution >= 4 is 17.7 Å². The van der Waals surface area contributed by atoms with Crippen LogP contribution in [0.15, 0.2) is 48.5 Å². The molecule has 0 atom stereocenters. The van der Waals surface area contributed by atoms with Crippen molar-refractivity contribution in [2.45, 2.75) is 58.5 Å². The fourth-order valence-electron chi connectivity index (χ4n) is 3.51. The van der Waals surface area contributed by atoms with E-state index in [1.807, 2.05) is 44.2 Å². The molecule has 2 aromatic rings. The van der Waals surface area contributed by atoms with Crippen molar-refractivity contribution in [2.24, 2.45) is 0 Å². The molecule has 34 heavy (non-hydrogen) atoms. The van der Waals surface area contributed by atoms with Crippen LogP contribution in [0.1, 0.15) is 62.5 Å². The number of carbonyl (C=O) groups excluding carboxylic acids is 2. The van der Waals surface area contributed by atoms with E-state index in [9.17, 15) is 19.7 Å². The first-order valence-corrected chi connectivity index (χ1v) is 11.0. The van der Waals surface area contributed by atoms with Gasteiger partial charge in [-0.15, -0.1) is 0 Å². The van der Waals surface area contributed by atoms with Crippen LogP contribution >= 0.6 is 0 Å². The first kappa shape index (κ1) is 26.8. The van der Waals surface area contributed by atoms with Crippen molar-refractivity contribution in [1.29, 1.82) is 0 Å². The number of benzene rings is 2. The lowest BCUT2D eigenvalue weighted by Crippen LogP contribution is -2.40. The SMILES string of the molecule is CC(C)(C)OC(=O)N(CCc1ccccc1)CCC(C)(C)c1ccc(C(=O)OO)cc1[N+](=O)[O-]. The zero-order valence-electron chi connectivity index (χ0n) is 20.2. The van der Waals surface area contributed by atoms with Gasteiger partial charge in [-0.1, -0.05) is 50.2 Å². The Hall–Kier alpha value is -3.46. The Balaban J connectivity index is 2.25. The largest absolute Gasteiger partial charge is 0.444 e. The van der Waals surface area contributed by atoms with Gasteiger partial charge in [-0.05, 0) is 50.7 Å². The molecule has 0 aliphatic carbocycles. The Kier molecular flexibility index (Phi) is 8.75. The van der Waals surface area contributed by atoms with Gasteiger partial charge in [0.25, 0.3) is 5.69 Å². The number of carbonyl (C=O) groups is 2. The maximum absolute atomic E-state index is 12.9. The smallest absolute Gasteiger partial charge is 0.410 e. The van der Waals surface area contributed by atoms with Crippen molar-refractivity contribution in [2.75, 3.05) is 13.1 Å². The highest BCUT2D eigenvalue weighted by atomic mass is 17.1. The highest BCUT2D eigenvalue weighted by Crippen LogP contribution is 2.35. The third kappa shape index (κ3) is 7.55. The second-order valence-corrected chi connectivity index (χ2v) is 9.70. The minimum Gasteiger partial charge on any atom is -0.444 e. The van der Waals surface area contributed by atoms with Crippen molar-refractivity contribution in [3.63, 3.8) is 0 Å². The summed E-state index contributed by atoms with van der Waals surface area (Å²) in [6.45, 7) is 9.81. The standard InChI is InChI=1S/C25H32N2O7/c1-24(2,3)33-23(29)26(15-13-18-9-7-6-8-10-18)16-14-25(4,5)20-12-11-19(22(28)34-32)17-21(20)27(30)31/h6-12,17,32H,13-16H2,1-5H3. The van der Waals surface area contributed by atoms with Crippen molar-refractivity contribution in [3.05, 3.63) is 75.3 Å². The number of rotatable bonds is 9. The van der Waals surface area contributed by atoms with Gasteiger partial charge in [0.1, 0.15) is 5.60 Å². The van der Waals surface area contributed by atoms with Crippen LogP contribution in [0, 0.1) is 10.1 Å². The third-order valence-corrected chi connectivity index (χ3v) is 5.41. The molecule has 0 unspecified atom stereocenters. The minimum absolute atomic E-state index is 0.132. The molecular formula is C25H32N2O7. The normalized spacial score (nSPS) is 11.6. The van der Waals surface area contributed by atoms with E-state index in [2.05, 4.69) is 4.89 Å². The highest BCUT2D eigenvalue weighted by Gasteiger charge is 2.32. The van der Waals surface area contributed by atoms with Gasteiger partial charge in [0.05, 0.1) is 10.5 Å². The summed E-state index contributed by atoms with van der Waals surface area (Å²) in [5.74, 6) is -1.08. The first-order valence-electron chi connectivity index (χ1n) is 11.0. The van der Waals surface area contributed by atoms with Crippen LogP contribution in [0.5, 0.6) is 0 Å². The van der Waals surface area contributed by atoms with Gasteiger partial charge in [-0.3, -0.25) is 15.0 Å². The number of ether oxygens (including phenoxy) is 1. The van der Waals surface area contributed by atoms with Crippen LogP contribution in [-0.2, 0) is 21.5 Å². The van der Waals surface area contributed by atoms with Gasteiger partial charge >= 0.3 is 12.1 Å². The number of nitro benzene ring substituents is 1. The first-order chi connectivity index (χ1) is 15.8. The zero-order chi connectivity index (χ0) is 25.5. The molecule has 0 saturated carbocycles. The van der Waals surface area contributed by atoms with Crippen LogP contribution in [0.2, 0.25) is 0 Å². The van der Waals surface area contributed by atoms with Crippen LogP contribution in [0.25, 0.3) is 0 Å². The summed E-state index contributed by atoms with van der Waals surface area (Å²) in [4.78, 5) is 40.9. The maximum atomic E-state index is 12.9. The predicted octanol–water partition coefficient (Wildman–Crippen LogP) is 5.37. The molecule has 9 nitrogen and oxygen atoms in total. The summed E-state index contributed by atoms with van der Waals surface area (Å²) in [6, 6.07) is 13.7. The van der Waals surface area contributed by atoms with Gasteiger partial charge in [0.15, 0.2) is 0 Å². The molecule has 0 bridgehead atoms. The lowest BCUT2D eigenvalue weighted by Gasteiger charge is -2.31. The number of hydrogen-bond donors (Lipinski definition) is 1. The fourth-order valence-corrected chi connectivity index (χ4v) is 3.51. The zero-order valence-corrected chi connectivity index (χ0v) is 20.2. The average molecular weight is 473 g/mol. The lowest BCUT2D eigenvalue weighted by molar-refractivity contribution is -0.386. The average Bonchev–Trinajstić information content (AvgIpc) is 2.77. The van der Waals surface area contributed by atoms with E-state index >= 15 is 0 Å². The molecule has 0 heterocycles. The highest BCUT2D eigenvalue weighted by molar-refractivity contribution is 5.90. The van der Waals surface area contributed by atoms with Crippen molar-refractivity contribution in [3.8, 4) is 0 Å². The van der Waals surface area contributed by atoms with Gasteiger partial charge in [0.2, 0.25) is 0 Å². The minimum atomic E-state index is -1.08. The van der Waals surface area contributed by atoms with Gasteiger partial charge in [-0.2, -0.15) is 5.26 Å². The van der Waals surface area contributed by atoms with E-state index in [1.54, 1.807) is 25.7 Å². The Morgan fingerprint density at radius 1 is 1.03 bits per heavy atom. The molecule has 0 aliphatic heterocycles. The van der Waals surface area contributed by atoms with E-state index in [1.165, 1.54) is 12.1 Å². The van der Waals surface area contributed by atoms with Gasteiger partial charge in [-0.25, -0.2) is 9.59 Å². The molecule has 0 fully saturated rings. The Morgan fingerprint density at radius 2 is 1.68 bits per heavy atom. The molecule has 2 rings (SSSR count). The Bertz CT molecular complexity index is 1010. The quantitative estimate of drug-likeness (QED) is 0.296. The van der Waals surface area contributed by atoms with E-state index in [0.29, 0.717) is 31.5 Å². The summed E-state index contributed by atoms with van der Waals surface area (Å²) in [7, 11) is 0. The molecule has 1 N–H and O–H groups in total. The van der Waals surface area contributed by atoms with Crippen LogP contribution in [0.4, 0.5) is 10.5 Å². The topological polar surface area (TPSA) is 119 Å². The summed E-state index contributed by atoms with van der Waals surface area (Å²) in [6.07, 6.45) is 0.597. The summed E-state index contributed by atoms with van der Waals surface area (Å²) in [5, 5.41) is 20.3. The van der Waals surface area contributed by atoms with E-state index in [4.69, 9.17) is 9.99 Å². The van der Waals surface area contributed by atoms with E-state index in [0.717, 1.165) is 11.6 Å². The van der Waals surface area contributed by atoms with E-state index < -0.39 is 28.0 Å². The Labute approximate surface area is 199 Å². The molecule has 0 spiro atoms. The number of nitro groups is 1. The summed E-state index contributed by atoms with van der Waals surface area (Å²) >= 11 is 0. The summed E-state index contributed by atoms with van der Waals surface area (Å²) < 4.78 is 5.58. The van der Waals surface area contributed by atoms with Crippen LogP contribution in [0.3, 0.4) is 0 Å². The van der Waals surface area contributed by atoms with Gasteiger partial charge in [0, 0.05) is 24.7 Å². The predicted molar refractivity (Wildman–Crippen MR) is 127 cm³/mol. The molecule has 0 radical (unpaired) electrons. The molecule has 2 aromatic carbocycles. The van der Waals surface area contributed by atoms with Crippen molar-refractivity contribution in [1.82, 2.24) is 4.90 Å². The summed E-state index contributed by atoms with van der Waals surface area (Å²) in [5.41, 5.74) is -0.283. The van der Waals surface area contributed by atoms with Crippen LogP contribution < -0.4 is 0 Å². The maximum Gasteiger partial charge on any atom is 0.410 e. The second kappa shape index (κ2) is 11.1. The van der Waals surface area contributed by atoms with Crippen LogP contribution in [-0.4, -0.2) is 45.8 Å².